The minimum atomic E-state index is 0.0540. The molecule has 0 aliphatic carbocycles. The molecule has 2 aromatic rings. The van der Waals surface area contributed by atoms with Crippen LogP contribution in [0.4, 0.5) is 5.82 Å². The van der Waals surface area contributed by atoms with Crippen molar-refractivity contribution < 1.29 is 4.79 Å². The molecule has 0 spiro atoms. The molecule has 0 bridgehead atoms. The molecule has 0 atom stereocenters. The Hall–Kier alpha value is -2.63. The minimum absolute atomic E-state index is 0.0540. The molecule has 126 valence electrons. The lowest BCUT2D eigenvalue weighted by Crippen LogP contribution is -2.48. The van der Waals surface area contributed by atoms with Crippen LogP contribution in [0.3, 0.4) is 0 Å². The zero-order valence-electron chi connectivity index (χ0n) is 14.4. The number of amides is 1. The standard InChI is InChI=1S/C18H23N5O/c1-14-16(15(2)21(3)20-14)7-8-18(24)23-12-10-22(11-13-23)17-6-4-5-9-19-17/h4-9H,10-13H2,1-3H3/b8-7+. The molecule has 0 saturated carbocycles. The average Bonchev–Trinajstić information content (AvgIpc) is 2.86. The fourth-order valence-corrected chi connectivity index (χ4v) is 2.99. The van der Waals surface area contributed by atoms with Gasteiger partial charge in [0.15, 0.2) is 0 Å². The summed E-state index contributed by atoms with van der Waals surface area (Å²) in [6.07, 6.45) is 5.34. The fourth-order valence-electron chi connectivity index (χ4n) is 2.99. The Morgan fingerprint density at radius 2 is 1.92 bits per heavy atom. The highest BCUT2D eigenvalue weighted by Gasteiger charge is 2.20. The average molecular weight is 325 g/mol. The van der Waals surface area contributed by atoms with Crippen LogP contribution in [-0.4, -0.2) is 51.8 Å². The summed E-state index contributed by atoms with van der Waals surface area (Å²) in [7, 11) is 1.92. The van der Waals surface area contributed by atoms with Gasteiger partial charge >= 0.3 is 0 Å². The zero-order valence-corrected chi connectivity index (χ0v) is 14.4. The monoisotopic (exact) mass is 325 g/mol. The van der Waals surface area contributed by atoms with Crippen molar-refractivity contribution in [3.8, 4) is 0 Å². The van der Waals surface area contributed by atoms with E-state index >= 15 is 0 Å². The van der Waals surface area contributed by atoms with Gasteiger partial charge in [-0.1, -0.05) is 6.07 Å². The van der Waals surface area contributed by atoms with E-state index in [1.54, 1.807) is 12.3 Å². The van der Waals surface area contributed by atoms with Crippen molar-refractivity contribution in [1.29, 1.82) is 0 Å². The van der Waals surface area contributed by atoms with Crippen molar-refractivity contribution in [3.63, 3.8) is 0 Å². The molecule has 3 heterocycles. The highest BCUT2D eigenvalue weighted by atomic mass is 16.2. The van der Waals surface area contributed by atoms with Crippen LogP contribution >= 0.6 is 0 Å². The van der Waals surface area contributed by atoms with Gasteiger partial charge in [0.1, 0.15) is 5.82 Å². The van der Waals surface area contributed by atoms with E-state index in [0.29, 0.717) is 13.1 Å². The highest BCUT2D eigenvalue weighted by molar-refractivity contribution is 5.92. The largest absolute Gasteiger partial charge is 0.353 e. The van der Waals surface area contributed by atoms with E-state index in [4.69, 9.17) is 0 Å². The Balaban J connectivity index is 1.60. The number of carbonyl (C=O) groups excluding carboxylic acids is 1. The molecule has 1 fully saturated rings. The SMILES string of the molecule is Cc1nn(C)c(C)c1/C=C/C(=O)N1CCN(c2ccccn2)CC1. The van der Waals surface area contributed by atoms with E-state index in [2.05, 4.69) is 15.0 Å². The number of anilines is 1. The van der Waals surface area contributed by atoms with Gasteiger partial charge in [-0.15, -0.1) is 0 Å². The molecule has 3 rings (SSSR count). The molecule has 1 saturated heterocycles. The Morgan fingerprint density at radius 3 is 2.50 bits per heavy atom. The van der Waals surface area contributed by atoms with Crippen LogP contribution < -0.4 is 4.90 Å². The van der Waals surface area contributed by atoms with Gasteiger partial charge in [0.25, 0.3) is 0 Å². The van der Waals surface area contributed by atoms with Crippen molar-refractivity contribution in [3.05, 3.63) is 47.4 Å². The first-order valence-electron chi connectivity index (χ1n) is 8.19. The molecule has 6 heteroatoms. The number of hydrogen-bond donors (Lipinski definition) is 0. The quantitative estimate of drug-likeness (QED) is 0.808. The van der Waals surface area contributed by atoms with E-state index < -0.39 is 0 Å². The lowest BCUT2D eigenvalue weighted by Gasteiger charge is -2.34. The van der Waals surface area contributed by atoms with Gasteiger partial charge in [-0.3, -0.25) is 9.48 Å². The van der Waals surface area contributed by atoms with Crippen LogP contribution in [0.1, 0.15) is 17.0 Å². The van der Waals surface area contributed by atoms with Crippen LogP contribution in [0.25, 0.3) is 6.08 Å². The Morgan fingerprint density at radius 1 is 1.17 bits per heavy atom. The summed E-state index contributed by atoms with van der Waals surface area (Å²) in [5.74, 6) is 1.03. The third-order valence-electron chi connectivity index (χ3n) is 4.52. The number of carbonyl (C=O) groups is 1. The van der Waals surface area contributed by atoms with E-state index in [1.807, 2.05) is 54.8 Å². The molecule has 0 N–H and O–H groups in total. The van der Waals surface area contributed by atoms with E-state index in [0.717, 1.165) is 35.9 Å². The molecule has 2 aromatic heterocycles. The number of aryl methyl sites for hydroxylation is 2. The molecule has 0 unspecified atom stereocenters. The summed E-state index contributed by atoms with van der Waals surface area (Å²) in [5.41, 5.74) is 3.04. The molecule has 1 aliphatic heterocycles. The summed E-state index contributed by atoms with van der Waals surface area (Å²) >= 11 is 0. The summed E-state index contributed by atoms with van der Waals surface area (Å²) in [4.78, 5) is 20.9. The first kappa shape index (κ1) is 16.2. The number of rotatable bonds is 3. The third-order valence-corrected chi connectivity index (χ3v) is 4.52. The maximum atomic E-state index is 12.4. The molecule has 6 nitrogen and oxygen atoms in total. The van der Waals surface area contributed by atoms with Crippen molar-refractivity contribution in [2.75, 3.05) is 31.1 Å². The lowest BCUT2D eigenvalue weighted by atomic mass is 10.2. The van der Waals surface area contributed by atoms with Crippen molar-refractivity contribution in [2.45, 2.75) is 13.8 Å². The number of hydrogen-bond acceptors (Lipinski definition) is 4. The van der Waals surface area contributed by atoms with Gasteiger partial charge in [-0.2, -0.15) is 5.10 Å². The summed E-state index contributed by atoms with van der Waals surface area (Å²) < 4.78 is 1.84. The maximum Gasteiger partial charge on any atom is 0.246 e. The Kier molecular flexibility index (Phi) is 4.64. The van der Waals surface area contributed by atoms with Crippen molar-refractivity contribution >= 4 is 17.8 Å². The van der Waals surface area contributed by atoms with Crippen LogP contribution in [0, 0.1) is 13.8 Å². The topological polar surface area (TPSA) is 54.3 Å². The fraction of sp³-hybridized carbons (Fsp3) is 0.389. The molecule has 0 radical (unpaired) electrons. The maximum absolute atomic E-state index is 12.4. The second kappa shape index (κ2) is 6.86. The van der Waals surface area contributed by atoms with Gasteiger partial charge in [0.05, 0.1) is 5.69 Å². The van der Waals surface area contributed by atoms with Crippen LogP contribution in [0.2, 0.25) is 0 Å². The summed E-state index contributed by atoms with van der Waals surface area (Å²) in [6, 6.07) is 5.91. The first-order chi connectivity index (χ1) is 11.6. The van der Waals surface area contributed by atoms with Gasteiger partial charge in [0.2, 0.25) is 5.91 Å². The molecule has 1 aliphatic rings. The number of pyridine rings is 1. The molecular weight excluding hydrogens is 302 g/mol. The predicted octanol–water partition coefficient (Wildman–Crippen LogP) is 1.79. The van der Waals surface area contributed by atoms with Gasteiger partial charge < -0.3 is 9.80 Å². The zero-order chi connectivity index (χ0) is 17.1. The second-order valence-corrected chi connectivity index (χ2v) is 6.04. The van der Waals surface area contributed by atoms with Gasteiger partial charge in [-0.05, 0) is 32.1 Å². The molecule has 0 aromatic carbocycles. The summed E-state index contributed by atoms with van der Waals surface area (Å²) in [6.45, 7) is 7.01. The van der Waals surface area contributed by atoms with Crippen LogP contribution in [0.5, 0.6) is 0 Å². The smallest absolute Gasteiger partial charge is 0.246 e. The summed E-state index contributed by atoms with van der Waals surface area (Å²) in [5, 5.41) is 4.37. The Bertz CT molecular complexity index is 742. The number of aromatic nitrogens is 3. The predicted molar refractivity (Wildman–Crippen MR) is 94.7 cm³/mol. The van der Waals surface area contributed by atoms with Crippen molar-refractivity contribution in [2.24, 2.45) is 7.05 Å². The van der Waals surface area contributed by atoms with Crippen LogP contribution in [0.15, 0.2) is 30.5 Å². The minimum Gasteiger partial charge on any atom is -0.353 e. The first-order valence-corrected chi connectivity index (χ1v) is 8.19. The number of nitrogens with zero attached hydrogens (tertiary/aromatic N) is 5. The molecule has 1 amide bonds. The number of piperazine rings is 1. The molecule has 24 heavy (non-hydrogen) atoms. The third kappa shape index (κ3) is 3.32. The Labute approximate surface area is 142 Å². The molecular formula is C18H23N5O. The van der Waals surface area contributed by atoms with Crippen LogP contribution in [-0.2, 0) is 11.8 Å². The lowest BCUT2D eigenvalue weighted by molar-refractivity contribution is -0.126. The van der Waals surface area contributed by atoms with Crippen molar-refractivity contribution in [1.82, 2.24) is 19.7 Å². The van der Waals surface area contributed by atoms with Gasteiger partial charge in [-0.25, -0.2) is 4.98 Å². The van der Waals surface area contributed by atoms with E-state index in [9.17, 15) is 4.79 Å². The van der Waals surface area contributed by atoms with E-state index in [-0.39, 0.29) is 5.91 Å². The van der Waals surface area contributed by atoms with Gasteiger partial charge in [0, 0.05) is 56.8 Å². The second-order valence-electron chi connectivity index (χ2n) is 6.04. The van der Waals surface area contributed by atoms with E-state index in [1.165, 1.54) is 0 Å². The normalized spacial score (nSPS) is 15.3. The highest BCUT2D eigenvalue weighted by Crippen LogP contribution is 2.15.